The van der Waals surface area contributed by atoms with E-state index in [2.05, 4.69) is 50.4 Å². The van der Waals surface area contributed by atoms with E-state index in [1.54, 1.807) is 0 Å². The molecule has 1 saturated heterocycles. The first-order chi connectivity index (χ1) is 10.5. The number of carbonyl (C=O) groups excluding carboxylic acids is 1. The van der Waals surface area contributed by atoms with Gasteiger partial charge in [-0.15, -0.1) is 0 Å². The molecule has 4 heteroatoms. The maximum absolute atomic E-state index is 12.6. The first-order valence-corrected chi connectivity index (χ1v) is 8.18. The number of nitrogens with one attached hydrogen (secondary N) is 1. The molecule has 1 aromatic rings. The number of amides is 1. The molecule has 0 bridgehead atoms. The zero-order valence-electron chi connectivity index (χ0n) is 15.2. The molecule has 0 spiro atoms. The fourth-order valence-electron chi connectivity index (χ4n) is 2.56. The topological polar surface area (TPSA) is 47.6 Å². The molecule has 2 rings (SSSR count). The van der Waals surface area contributed by atoms with Crippen LogP contribution in [-0.2, 0) is 19.7 Å². The molecule has 0 aromatic heterocycles. The summed E-state index contributed by atoms with van der Waals surface area (Å²) in [7, 11) is 0. The molecular weight excluding hydrogens is 290 g/mol. The van der Waals surface area contributed by atoms with Gasteiger partial charge in [-0.3, -0.25) is 4.79 Å². The molecule has 128 valence electrons. The van der Waals surface area contributed by atoms with Gasteiger partial charge in [0, 0.05) is 12.0 Å². The third kappa shape index (κ3) is 4.33. The van der Waals surface area contributed by atoms with E-state index in [0.29, 0.717) is 19.8 Å². The number of hydrogen-bond acceptors (Lipinski definition) is 3. The molecule has 0 atom stereocenters. The second-order valence-electron chi connectivity index (χ2n) is 7.97. The first-order valence-electron chi connectivity index (χ1n) is 8.18. The van der Waals surface area contributed by atoms with E-state index in [4.69, 9.17) is 9.47 Å². The predicted octanol–water partition coefficient (Wildman–Crippen LogP) is 3.18. The average molecular weight is 319 g/mol. The van der Waals surface area contributed by atoms with Gasteiger partial charge >= 0.3 is 0 Å². The van der Waals surface area contributed by atoms with Crippen molar-refractivity contribution >= 4 is 5.91 Å². The van der Waals surface area contributed by atoms with Crippen LogP contribution in [0.3, 0.4) is 0 Å². The van der Waals surface area contributed by atoms with E-state index in [9.17, 15) is 4.79 Å². The van der Waals surface area contributed by atoms with Gasteiger partial charge in [-0.1, -0.05) is 43.7 Å². The van der Waals surface area contributed by atoms with E-state index in [1.165, 1.54) is 11.1 Å². The minimum absolute atomic E-state index is 0.0197. The number of ether oxygens (including phenoxy) is 2. The van der Waals surface area contributed by atoms with Crippen molar-refractivity contribution in [2.45, 2.75) is 52.7 Å². The van der Waals surface area contributed by atoms with Crippen LogP contribution in [0.25, 0.3) is 0 Å². The van der Waals surface area contributed by atoms with E-state index in [1.807, 2.05) is 20.8 Å². The Kier molecular flexibility index (Phi) is 4.88. The van der Waals surface area contributed by atoms with Gasteiger partial charge in [0.1, 0.15) is 0 Å². The van der Waals surface area contributed by atoms with E-state index in [0.717, 1.165) is 0 Å². The van der Waals surface area contributed by atoms with Crippen LogP contribution in [0.5, 0.6) is 0 Å². The SMILES string of the molecule is Cc1cccc(C(C)(C)CNC(=O)C2(C)COC(C)(C)OC2)c1. The quantitative estimate of drug-likeness (QED) is 0.927. The minimum Gasteiger partial charge on any atom is -0.355 e. The van der Waals surface area contributed by atoms with E-state index < -0.39 is 11.2 Å². The Bertz CT molecular complexity index is 568. The minimum atomic E-state index is -0.641. The van der Waals surface area contributed by atoms with Crippen LogP contribution in [0.2, 0.25) is 0 Å². The van der Waals surface area contributed by atoms with Crippen molar-refractivity contribution in [3.05, 3.63) is 35.4 Å². The largest absolute Gasteiger partial charge is 0.355 e. The second kappa shape index (κ2) is 6.25. The van der Waals surface area contributed by atoms with Gasteiger partial charge in [0.2, 0.25) is 5.91 Å². The number of aryl methyl sites for hydroxylation is 1. The molecule has 1 aliphatic rings. The number of rotatable bonds is 4. The Hall–Kier alpha value is -1.39. The molecule has 1 N–H and O–H groups in total. The maximum Gasteiger partial charge on any atom is 0.230 e. The Morgan fingerprint density at radius 2 is 1.83 bits per heavy atom. The normalized spacial score (nSPS) is 20.1. The predicted molar refractivity (Wildman–Crippen MR) is 91.3 cm³/mol. The van der Waals surface area contributed by atoms with Gasteiger partial charge in [0.15, 0.2) is 5.79 Å². The molecule has 0 aliphatic carbocycles. The van der Waals surface area contributed by atoms with Crippen molar-refractivity contribution in [2.75, 3.05) is 19.8 Å². The summed E-state index contributed by atoms with van der Waals surface area (Å²) in [6.45, 7) is 13.3. The van der Waals surface area contributed by atoms with E-state index in [-0.39, 0.29) is 11.3 Å². The molecule has 1 aliphatic heterocycles. The maximum atomic E-state index is 12.6. The smallest absolute Gasteiger partial charge is 0.230 e. The highest BCUT2D eigenvalue weighted by Gasteiger charge is 2.42. The summed E-state index contributed by atoms with van der Waals surface area (Å²) in [5.74, 6) is -0.630. The van der Waals surface area contributed by atoms with Crippen molar-refractivity contribution in [3.63, 3.8) is 0 Å². The molecule has 0 saturated carbocycles. The lowest BCUT2D eigenvalue weighted by atomic mass is 9.83. The number of carbonyl (C=O) groups is 1. The Labute approximate surface area is 139 Å². The Balaban J connectivity index is 1.98. The molecule has 1 heterocycles. The first kappa shape index (κ1) is 18.0. The highest BCUT2D eigenvalue weighted by atomic mass is 16.7. The summed E-state index contributed by atoms with van der Waals surface area (Å²) in [5, 5.41) is 3.08. The third-order valence-electron chi connectivity index (χ3n) is 4.52. The van der Waals surface area contributed by atoms with Gasteiger partial charge < -0.3 is 14.8 Å². The van der Waals surface area contributed by atoms with Crippen molar-refractivity contribution < 1.29 is 14.3 Å². The van der Waals surface area contributed by atoms with Crippen molar-refractivity contribution in [2.24, 2.45) is 5.41 Å². The second-order valence-corrected chi connectivity index (χ2v) is 7.97. The molecule has 1 aromatic carbocycles. The molecule has 4 nitrogen and oxygen atoms in total. The Morgan fingerprint density at radius 1 is 1.22 bits per heavy atom. The summed E-state index contributed by atoms with van der Waals surface area (Å²) >= 11 is 0. The van der Waals surface area contributed by atoms with Crippen LogP contribution in [0.4, 0.5) is 0 Å². The van der Waals surface area contributed by atoms with Crippen LogP contribution in [0.15, 0.2) is 24.3 Å². The average Bonchev–Trinajstić information content (AvgIpc) is 2.48. The summed E-state index contributed by atoms with van der Waals surface area (Å²) < 4.78 is 11.3. The van der Waals surface area contributed by atoms with E-state index >= 15 is 0 Å². The third-order valence-corrected chi connectivity index (χ3v) is 4.52. The monoisotopic (exact) mass is 319 g/mol. The van der Waals surface area contributed by atoms with Crippen LogP contribution in [-0.4, -0.2) is 31.5 Å². The standard InChI is InChI=1S/C19H29NO3/c1-14-8-7-9-15(10-14)17(2,3)11-20-16(21)19(6)12-22-18(4,5)23-13-19/h7-10H,11-13H2,1-6H3,(H,20,21). The summed E-state index contributed by atoms with van der Waals surface area (Å²) in [4.78, 5) is 12.6. The lowest BCUT2D eigenvalue weighted by Gasteiger charge is -2.40. The lowest BCUT2D eigenvalue weighted by molar-refractivity contribution is -0.277. The summed E-state index contributed by atoms with van der Waals surface area (Å²) in [6, 6.07) is 8.41. The summed E-state index contributed by atoms with van der Waals surface area (Å²) in [5.41, 5.74) is 1.68. The number of hydrogen-bond donors (Lipinski definition) is 1. The fraction of sp³-hybridized carbons (Fsp3) is 0.632. The van der Waals surface area contributed by atoms with Gasteiger partial charge in [-0.25, -0.2) is 0 Å². The van der Waals surface area contributed by atoms with Crippen LogP contribution < -0.4 is 5.32 Å². The molecule has 23 heavy (non-hydrogen) atoms. The molecule has 1 fully saturated rings. The molecule has 0 unspecified atom stereocenters. The van der Waals surface area contributed by atoms with Gasteiger partial charge in [0.25, 0.3) is 0 Å². The highest BCUT2D eigenvalue weighted by molar-refractivity contribution is 5.82. The van der Waals surface area contributed by atoms with Gasteiger partial charge in [-0.2, -0.15) is 0 Å². The molecule has 1 amide bonds. The fourth-order valence-corrected chi connectivity index (χ4v) is 2.56. The van der Waals surface area contributed by atoms with Crippen LogP contribution >= 0.6 is 0 Å². The van der Waals surface area contributed by atoms with Crippen molar-refractivity contribution in [1.82, 2.24) is 5.32 Å². The van der Waals surface area contributed by atoms with Gasteiger partial charge in [-0.05, 0) is 33.3 Å². The van der Waals surface area contributed by atoms with Crippen molar-refractivity contribution in [3.8, 4) is 0 Å². The zero-order valence-corrected chi connectivity index (χ0v) is 15.2. The molecule has 0 radical (unpaired) electrons. The van der Waals surface area contributed by atoms with Crippen LogP contribution in [0, 0.1) is 12.3 Å². The summed E-state index contributed by atoms with van der Waals surface area (Å²) in [6.07, 6.45) is 0. The zero-order chi connectivity index (χ0) is 17.3. The van der Waals surface area contributed by atoms with Crippen molar-refractivity contribution in [1.29, 1.82) is 0 Å². The number of benzene rings is 1. The lowest BCUT2D eigenvalue weighted by Crippen LogP contribution is -2.54. The highest BCUT2D eigenvalue weighted by Crippen LogP contribution is 2.30. The Morgan fingerprint density at radius 3 is 2.39 bits per heavy atom. The van der Waals surface area contributed by atoms with Gasteiger partial charge in [0.05, 0.1) is 18.6 Å². The molecular formula is C19H29NO3. The van der Waals surface area contributed by atoms with Crippen LogP contribution in [0.1, 0.15) is 45.7 Å².